The molecule has 0 bridgehead atoms. The van der Waals surface area contributed by atoms with E-state index in [1.54, 1.807) is 0 Å². The van der Waals surface area contributed by atoms with Gasteiger partial charge in [-0.05, 0) is 42.9 Å². The molecule has 2 aliphatic rings. The summed E-state index contributed by atoms with van der Waals surface area (Å²) in [5, 5.41) is 2.13. The van der Waals surface area contributed by atoms with Gasteiger partial charge in [0.25, 0.3) is 0 Å². The van der Waals surface area contributed by atoms with Crippen molar-refractivity contribution in [1.82, 2.24) is 0 Å². The Balaban J connectivity index is 1.91. The highest BCUT2D eigenvalue weighted by Crippen LogP contribution is 2.41. The van der Waals surface area contributed by atoms with Gasteiger partial charge >= 0.3 is 0 Å². The highest BCUT2D eigenvalue weighted by molar-refractivity contribution is 6.30. The molecule has 1 aliphatic carbocycles. The minimum atomic E-state index is -0.229. The molecule has 28 heavy (non-hydrogen) atoms. The van der Waals surface area contributed by atoms with Crippen LogP contribution >= 0.6 is 0 Å². The highest BCUT2D eigenvalue weighted by Gasteiger charge is 2.31. The molecule has 3 nitrogen and oxygen atoms in total. The van der Waals surface area contributed by atoms with E-state index in [2.05, 4.69) is 24.8 Å². The Morgan fingerprint density at radius 3 is 2.79 bits per heavy atom. The van der Waals surface area contributed by atoms with E-state index in [1.807, 2.05) is 67.3 Å². The fourth-order valence-corrected chi connectivity index (χ4v) is 3.82. The largest absolute Gasteiger partial charge is 0.273 e. The van der Waals surface area contributed by atoms with Crippen LogP contribution in [-0.4, -0.2) is 11.7 Å². The van der Waals surface area contributed by atoms with Gasteiger partial charge < -0.3 is 0 Å². The van der Waals surface area contributed by atoms with Crippen molar-refractivity contribution in [3.05, 3.63) is 84.5 Å². The number of carbonyl (C=O) groups excluding carboxylic acids is 1. The Bertz CT molecular complexity index is 1080. The van der Waals surface area contributed by atoms with Crippen LogP contribution in [0.15, 0.2) is 89.5 Å². The first-order valence-electron chi connectivity index (χ1n) is 9.72. The molecule has 0 radical (unpaired) electrons. The van der Waals surface area contributed by atoms with Crippen LogP contribution in [0.2, 0.25) is 0 Å². The van der Waals surface area contributed by atoms with Gasteiger partial charge in [0, 0.05) is 5.39 Å². The van der Waals surface area contributed by atoms with Gasteiger partial charge in [-0.15, -0.1) is 0 Å². The van der Waals surface area contributed by atoms with Crippen LogP contribution in [-0.2, 0) is 4.79 Å². The SMILES string of the molecule is C=C1C=CC=C(C2=Nc3cccc4cccc(c34)N2C(=O)C(C)/C=C\C)CC1. The minimum Gasteiger partial charge on any atom is -0.273 e. The fraction of sp³-hybridized carbons (Fsp3) is 0.200. The second-order valence-electron chi connectivity index (χ2n) is 7.29. The molecule has 0 saturated carbocycles. The predicted molar refractivity (Wildman–Crippen MR) is 118 cm³/mol. The lowest BCUT2D eigenvalue weighted by Gasteiger charge is -2.32. The average Bonchev–Trinajstić information content (AvgIpc) is 2.92. The fourth-order valence-electron chi connectivity index (χ4n) is 3.82. The van der Waals surface area contributed by atoms with Crippen LogP contribution in [0.1, 0.15) is 26.7 Å². The first-order valence-corrected chi connectivity index (χ1v) is 9.72. The van der Waals surface area contributed by atoms with Gasteiger partial charge in [0.05, 0.1) is 17.3 Å². The zero-order valence-electron chi connectivity index (χ0n) is 16.4. The van der Waals surface area contributed by atoms with Crippen molar-refractivity contribution in [2.45, 2.75) is 26.7 Å². The van der Waals surface area contributed by atoms with Gasteiger partial charge in [-0.2, -0.15) is 0 Å². The Labute approximate surface area is 166 Å². The van der Waals surface area contributed by atoms with Crippen LogP contribution in [0, 0.1) is 5.92 Å². The van der Waals surface area contributed by atoms with Gasteiger partial charge in [-0.1, -0.05) is 73.7 Å². The van der Waals surface area contributed by atoms with Crippen molar-refractivity contribution in [2.75, 3.05) is 4.90 Å². The number of hydrogen-bond acceptors (Lipinski definition) is 2. The topological polar surface area (TPSA) is 32.7 Å². The Morgan fingerprint density at radius 2 is 2.00 bits per heavy atom. The van der Waals surface area contributed by atoms with Crippen molar-refractivity contribution in [3.8, 4) is 0 Å². The van der Waals surface area contributed by atoms with E-state index in [-0.39, 0.29) is 11.8 Å². The molecule has 0 spiro atoms. The number of amides is 1. The van der Waals surface area contributed by atoms with Crippen LogP contribution in [0.5, 0.6) is 0 Å². The Kier molecular flexibility index (Phi) is 4.82. The Hall–Kier alpha value is -3.20. The normalized spacial score (nSPS) is 17.5. The zero-order valence-corrected chi connectivity index (χ0v) is 16.4. The minimum absolute atomic E-state index is 0.0341. The van der Waals surface area contributed by atoms with Crippen molar-refractivity contribution < 1.29 is 4.79 Å². The van der Waals surface area contributed by atoms with E-state index in [9.17, 15) is 4.79 Å². The monoisotopic (exact) mass is 368 g/mol. The van der Waals surface area contributed by atoms with E-state index in [0.717, 1.165) is 52.0 Å². The Morgan fingerprint density at radius 1 is 1.21 bits per heavy atom. The first kappa shape index (κ1) is 18.2. The van der Waals surface area contributed by atoms with Crippen molar-refractivity contribution in [2.24, 2.45) is 10.9 Å². The summed E-state index contributed by atoms with van der Waals surface area (Å²) in [4.78, 5) is 20.2. The van der Waals surface area contributed by atoms with Crippen LogP contribution < -0.4 is 4.90 Å². The van der Waals surface area contributed by atoms with Gasteiger partial charge in [0.1, 0.15) is 5.84 Å². The number of carbonyl (C=O) groups is 1. The third-order valence-corrected chi connectivity index (χ3v) is 5.26. The number of aliphatic imine (C=N–C) groups is 1. The van der Waals surface area contributed by atoms with E-state index >= 15 is 0 Å². The molecular weight excluding hydrogens is 344 g/mol. The highest BCUT2D eigenvalue weighted by atomic mass is 16.2. The van der Waals surface area contributed by atoms with Gasteiger partial charge in [-0.3, -0.25) is 9.69 Å². The molecule has 0 saturated heterocycles. The standard InChI is InChI=1S/C25H24N2O/c1-4-8-18(3)25(28)27-22-14-7-11-19-10-6-13-21(23(19)22)26-24(27)20-12-5-9-17(2)15-16-20/h4-14,18H,2,15-16H2,1,3H3/b8-4-. The summed E-state index contributed by atoms with van der Waals surface area (Å²) >= 11 is 0. The van der Waals surface area contributed by atoms with E-state index in [1.165, 1.54) is 0 Å². The van der Waals surface area contributed by atoms with E-state index in [4.69, 9.17) is 4.99 Å². The van der Waals surface area contributed by atoms with E-state index in [0.29, 0.717) is 0 Å². The van der Waals surface area contributed by atoms with Crippen molar-refractivity contribution in [1.29, 1.82) is 0 Å². The molecule has 1 unspecified atom stereocenters. The molecule has 1 atom stereocenters. The van der Waals surface area contributed by atoms with Crippen LogP contribution in [0.25, 0.3) is 10.8 Å². The van der Waals surface area contributed by atoms with Crippen molar-refractivity contribution in [3.63, 3.8) is 0 Å². The first-order chi connectivity index (χ1) is 13.6. The molecular formula is C25H24N2O. The third-order valence-electron chi connectivity index (χ3n) is 5.26. The molecule has 140 valence electrons. The molecule has 1 heterocycles. The van der Waals surface area contributed by atoms with Crippen molar-refractivity contribution >= 4 is 33.9 Å². The lowest BCUT2D eigenvalue weighted by Crippen LogP contribution is -2.42. The molecule has 1 aliphatic heterocycles. The summed E-state index contributed by atoms with van der Waals surface area (Å²) in [6.07, 6.45) is 11.6. The average molecular weight is 368 g/mol. The molecule has 4 rings (SSSR count). The number of rotatable bonds is 3. The summed E-state index contributed by atoms with van der Waals surface area (Å²) in [6.45, 7) is 7.95. The summed E-state index contributed by atoms with van der Waals surface area (Å²) < 4.78 is 0. The lowest BCUT2D eigenvalue weighted by atomic mass is 9.98. The number of allylic oxidation sites excluding steroid dienone is 5. The summed E-state index contributed by atoms with van der Waals surface area (Å²) in [7, 11) is 0. The van der Waals surface area contributed by atoms with Crippen LogP contribution in [0.4, 0.5) is 11.4 Å². The maximum Gasteiger partial charge on any atom is 0.239 e. The lowest BCUT2D eigenvalue weighted by molar-refractivity contribution is -0.119. The predicted octanol–water partition coefficient (Wildman–Crippen LogP) is 6.26. The van der Waals surface area contributed by atoms with Gasteiger partial charge in [0.15, 0.2) is 0 Å². The number of hydrogen-bond donors (Lipinski definition) is 0. The molecule has 1 amide bonds. The van der Waals surface area contributed by atoms with Gasteiger partial charge in [-0.25, -0.2) is 4.99 Å². The maximum absolute atomic E-state index is 13.5. The molecule has 0 N–H and O–H groups in total. The second-order valence-corrected chi connectivity index (χ2v) is 7.29. The van der Waals surface area contributed by atoms with Gasteiger partial charge in [0.2, 0.25) is 5.91 Å². The van der Waals surface area contributed by atoms with Crippen LogP contribution in [0.3, 0.4) is 0 Å². The molecule has 0 fully saturated rings. The zero-order chi connectivity index (χ0) is 19.7. The third kappa shape index (κ3) is 3.13. The quantitative estimate of drug-likeness (QED) is 0.588. The smallest absolute Gasteiger partial charge is 0.239 e. The number of anilines is 1. The summed E-state index contributed by atoms with van der Waals surface area (Å²) in [5.74, 6) is 0.534. The second kappa shape index (κ2) is 7.43. The molecule has 0 aromatic heterocycles. The number of benzene rings is 2. The molecule has 3 heteroatoms. The molecule has 2 aromatic carbocycles. The number of nitrogens with zero attached hydrogens (tertiary/aromatic N) is 2. The maximum atomic E-state index is 13.5. The number of amidine groups is 1. The summed E-state index contributed by atoms with van der Waals surface area (Å²) in [6, 6.07) is 12.2. The van der Waals surface area contributed by atoms with E-state index < -0.39 is 0 Å². The summed E-state index contributed by atoms with van der Waals surface area (Å²) in [5.41, 5.74) is 3.97. The molecule has 2 aromatic rings.